The van der Waals surface area contributed by atoms with Crippen molar-refractivity contribution in [3.63, 3.8) is 0 Å². The molecule has 2 rings (SSSR count). The first-order valence-corrected chi connectivity index (χ1v) is 7.10. The number of hydrogen-bond donors (Lipinski definition) is 2. The third kappa shape index (κ3) is 3.62. The van der Waals surface area contributed by atoms with Gasteiger partial charge < -0.3 is 5.73 Å². The Morgan fingerprint density at radius 1 is 1.37 bits per heavy atom. The van der Waals surface area contributed by atoms with Crippen LogP contribution in [0, 0.1) is 17.6 Å². The van der Waals surface area contributed by atoms with Gasteiger partial charge in [-0.3, -0.25) is 0 Å². The largest absolute Gasteiger partial charge is 0.329 e. The van der Waals surface area contributed by atoms with Gasteiger partial charge in [-0.2, -0.15) is 0 Å². The second-order valence-electron chi connectivity index (χ2n) is 4.35. The molecule has 0 aromatic heterocycles. The Balaban J connectivity index is 0.00000180. The Bertz CT molecular complexity index is 550. The minimum Gasteiger partial charge on any atom is -0.329 e. The number of rotatable bonds is 5. The van der Waals surface area contributed by atoms with Crippen LogP contribution in [0.4, 0.5) is 8.78 Å². The van der Waals surface area contributed by atoms with Crippen LogP contribution in [-0.2, 0) is 10.0 Å². The summed E-state index contributed by atoms with van der Waals surface area (Å²) in [7, 11) is -4.07. The summed E-state index contributed by atoms with van der Waals surface area (Å²) in [6.07, 6.45) is 1.80. The quantitative estimate of drug-likeness (QED) is 0.863. The van der Waals surface area contributed by atoms with Crippen LogP contribution < -0.4 is 10.5 Å². The van der Waals surface area contributed by atoms with Gasteiger partial charge in [0.15, 0.2) is 11.6 Å². The fourth-order valence-corrected chi connectivity index (χ4v) is 3.20. The van der Waals surface area contributed by atoms with Crippen LogP contribution in [0.25, 0.3) is 0 Å². The first kappa shape index (κ1) is 16.3. The van der Waals surface area contributed by atoms with Crippen LogP contribution in [0.1, 0.15) is 12.8 Å². The second kappa shape index (κ2) is 6.13. The highest BCUT2D eigenvalue weighted by Gasteiger charge is 2.34. The van der Waals surface area contributed by atoms with Crippen LogP contribution in [0.15, 0.2) is 23.1 Å². The molecule has 1 aliphatic rings. The zero-order valence-electron chi connectivity index (χ0n) is 9.97. The normalized spacial score (nSPS) is 16.8. The zero-order chi connectivity index (χ0) is 13.3. The predicted octanol–water partition coefficient (Wildman–Crippen LogP) is 1.40. The van der Waals surface area contributed by atoms with Crippen molar-refractivity contribution in [2.45, 2.75) is 23.8 Å². The third-order valence-electron chi connectivity index (χ3n) is 2.96. The molecule has 0 saturated heterocycles. The molecule has 0 spiro atoms. The van der Waals surface area contributed by atoms with Gasteiger partial charge in [-0.25, -0.2) is 21.9 Å². The molecule has 1 aliphatic carbocycles. The summed E-state index contributed by atoms with van der Waals surface area (Å²) in [6, 6.07) is 2.64. The summed E-state index contributed by atoms with van der Waals surface area (Å²) in [6.45, 7) is 0.140. The number of sulfonamides is 1. The molecule has 0 radical (unpaired) electrons. The Morgan fingerprint density at radius 2 is 2.00 bits per heavy atom. The molecule has 1 atom stereocenters. The Labute approximate surface area is 116 Å². The molecule has 1 aromatic carbocycles. The molecule has 1 fully saturated rings. The third-order valence-corrected chi connectivity index (χ3v) is 4.46. The van der Waals surface area contributed by atoms with Crippen molar-refractivity contribution in [3.05, 3.63) is 29.8 Å². The van der Waals surface area contributed by atoms with Gasteiger partial charge in [-0.15, -0.1) is 12.4 Å². The number of nitrogens with one attached hydrogen (secondary N) is 1. The highest BCUT2D eigenvalue weighted by Crippen LogP contribution is 2.33. The first-order valence-electron chi connectivity index (χ1n) is 5.62. The molecule has 3 N–H and O–H groups in total. The molecule has 1 saturated carbocycles. The maximum Gasteiger partial charge on any atom is 0.243 e. The van der Waals surface area contributed by atoms with E-state index in [1.165, 1.54) is 0 Å². The van der Waals surface area contributed by atoms with E-state index in [0.717, 1.165) is 31.0 Å². The van der Waals surface area contributed by atoms with E-state index >= 15 is 0 Å². The number of halogens is 3. The van der Waals surface area contributed by atoms with Crippen LogP contribution in [0.5, 0.6) is 0 Å². The summed E-state index contributed by atoms with van der Waals surface area (Å²) in [5.41, 5.74) is 5.47. The van der Waals surface area contributed by atoms with Gasteiger partial charge in [0.05, 0.1) is 0 Å². The van der Waals surface area contributed by atoms with E-state index in [0.29, 0.717) is 0 Å². The lowest BCUT2D eigenvalue weighted by Gasteiger charge is -2.16. The monoisotopic (exact) mass is 312 g/mol. The standard InChI is InChI=1S/C11H14F2N2O2S.ClH/c12-8-2-1-3-10(11(8)13)18(16,17)15-9(6-14)7-4-5-7;/h1-3,7,9,15H,4-6,14H2;1H. The van der Waals surface area contributed by atoms with Crippen molar-refractivity contribution in [1.29, 1.82) is 0 Å². The van der Waals surface area contributed by atoms with Crippen LogP contribution in [0.3, 0.4) is 0 Å². The van der Waals surface area contributed by atoms with Gasteiger partial charge in [0.25, 0.3) is 0 Å². The summed E-state index contributed by atoms with van der Waals surface area (Å²) < 4.78 is 52.6. The first-order chi connectivity index (χ1) is 8.45. The lowest BCUT2D eigenvalue weighted by atomic mass is 10.2. The molecule has 0 heterocycles. The minimum absolute atomic E-state index is 0. The van der Waals surface area contributed by atoms with Crippen LogP contribution >= 0.6 is 12.4 Å². The van der Waals surface area contributed by atoms with Crippen molar-refractivity contribution in [3.8, 4) is 0 Å². The van der Waals surface area contributed by atoms with E-state index in [4.69, 9.17) is 5.73 Å². The highest BCUT2D eigenvalue weighted by molar-refractivity contribution is 7.89. The van der Waals surface area contributed by atoms with E-state index in [2.05, 4.69) is 4.72 Å². The number of nitrogens with two attached hydrogens (primary N) is 1. The molecule has 0 bridgehead atoms. The lowest BCUT2D eigenvalue weighted by molar-refractivity contribution is 0.476. The summed E-state index contributed by atoms with van der Waals surface area (Å²) in [5.74, 6) is -2.36. The maximum absolute atomic E-state index is 13.4. The van der Waals surface area contributed by atoms with Crippen molar-refractivity contribution in [2.24, 2.45) is 11.7 Å². The molecule has 4 nitrogen and oxygen atoms in total. The Hall–Kier alpha value is -0.760. The van der Waals surface area contributed by atoms with Gasteiger partial charge in [-0.1, -0.05) is 6.07 Å². The number of hydrogen-bond acceptors (Lipinski definition) is 3. The SMILES string of the molecule is Cl.NCC(NS(=O)(=O)c1cccc(F)c1F)C1CC1. The van der Waals surface area contributed by atoms with E-state index < -0.39 is 32.6 Å². The summed E-state index contributed by atoms with van der Waals surface area (Å²) in [5, 5.41) is 0. The van der Waals surface area contributed by atoms with Crippen molar-refractivity contribution in [2.75, 3.05) is 6.54 Å². The summed E-state index contributed by atoms with van der Waals surface area (Å²) >= 11 is 0. The minimum atomic E-state index is -4.07. The average Bonchev–Trinajstić information content (AvgIpc) is 3.13. The molecule has 0 aliphatic heterocycles. The lowest BCUT2D eigenvalue weighted by Crippen LogP contribution is -2.41. The number of benzene rings is 1. The molecular formula is C11H15ClF2N2O2S. The van der Waals surface area contributed by atoms with Crippen LogP contribution in [-0.4, -0.2) is 21.0 Å². The van der Waals surface area contributed by atoms with Gasteiger partial charge in [-0.05, 0) is 30.9 Å². The Morgan fingerprint density at radius 3 is 2.53 bits per heavy atom. The average molecular weight is 313 g/mol. The molecule has 1 aromatic rings. The fraction of sp³-hybridized carbons (Fsp3) is 0.455. The molecule has 19 heavy (non-hydrogen) atoms. The molecule has 1 unspecified atom stereocenters. The van der Waals surface area contributed by atoms with Crippen LogP contribution in [0.2, 0.25) is 0 Å². The smallest absolute Gasteiger partial charge is 0.243 e. The zero-order valence-corrected chi connectivity index (χ0v) is 11.6. The highest BCUT2D eigenvalue weighted by atomic mass is 35.5. The topological polar surface area (TPSA) is 72.2 Å². The maximum atomic E-state index is 13.4. The van der Waals surface area contributed by atoms with Gasteiger partial charge in [0.2, 0.25) is 10.0 Å². The van der Waals surface area contributed by atoms with Crippen molar-refractivity contribution >= 4 is 22.4 Å². The van der Waals surface area contributed by atoms with Gasteiger partial charge >= 0.3 is 0 Å². The van der Waals surface area contributed by atoms with E-state index in [9.17, 15) is 17.2 Å². The molecular weight excluding hydrogens is 298 g/mol. The second-order valence-corrected chi connectivity index (χ2v) is 6.04. The van der Waals surface area contributed by atoms with E-state index in [1.54, 1.807) is 0 Å². The predicted molar refractivity (Wildman–Crippen MR) is 69.5 cm³/mol. The van der Waals surface area contributed by atoms with Crippen molar-refractivity contribution in [1.82, 2.24) is 4.72 Å². The molecule has 0 amide bonds. The van der Waals surface area contributed by atoms with E-state index in [1.807, 2.05) is 0 Å². The van der Waals surface area contributed by atoms with E-state index in [-0.39, 0.29) is 24.9 Å². The van der Waals surface area contributed by atoms with Gasteiger partial charge in [0, 0.05) is 12.6 Å². The molecule has 8 heteroatoms. The summed E-state index contributed by atoms with van der Waals surface area (Å²) in [4.78, 5) is -0.679. The fourth-order valence-electron chi connectivity index (χ4n) is 1.79. The van der Waals surface area contributed by atoms with Gasteiger partial charge in [0.1, 0.15) is 4.90 Å². The van der Waals surface area contributed by atoms with Crippen molar-refractivity contribution < 1.29 is 17.2 Å². The molecule has 108 valence electrons. The Kier molecular flexibility index (Phi) is 5.26.